The smallest absolute Gasteiger partial charge is 0.178 e. The Morgan fingerprint density at radius 2 is 2.17 bits per heavy atom. The third kappa shape index (κ3) is 1.98. The van der Waals surface area contributed by atoms with E-state index in [0.717, 1.165) is 10.9 Å². The van der Waals surface area contributed by atoms with Crippen LogP contribution in [0.3, 0.4) is 0 Å². The van der Waals surface area contributed by atoms with Crippen LogP contribution in [0.15, 0.2) is 18.3 Å². The Bertz CT molecular complexity index is 569. The highest BCUT2D eigenvalue weighted by Gasteiger charge is 2.23. The van der Waals surface area contributed by atoms with Crippen molar-refractivity contribution in [2.75, 3.05) is 6.61 Å². The summed E-state index contributed by atoms with van der Waals surface area (Å²) in [6, 6.07) is 3.34. The second-order valence-electron chi connectivity index (χ2n) is 5.45. The Kier molecular flexibility index (Phi) is 2.77. The number of fused-ring (bicyclic) bond motifs is 1. The van der Waals surface area contributed by atoms with Gasteiger partial charge in [0.15, 0.2) is 11.6 Å². The normalized spacial score (nSPS) is 15.6. The number of H-pyrrole nitrogens is 1. The van der Waals surface area contributed by atoms with Crippen LogP contribution in [0, 0.1) is 11.7 Å². The number of hydrogen-bond donors (Lipinski definition) is 1. The minimum Gasteiger partial charge on any atom is -0.488 e. The molecule has 1 heterocycles. The SMILES string of the molecule is CC(C)c1c[nH]c2c(OCC3CC3)c(F)ccc12. The standard InChI is InChI=1S/C15H18FNO/c1-9(2)12-7-17-14-11(12)5-6-13(16)15(14)18-8-10-3-4-10/h5-7,9-10,17H,3-4,8H2,1-2H3. The summed E-state index contributed by atoms with van der Waals surface area (Å²) in [6.45, 7) is 4.90. The first-order valence-corrected chi connectivity index (χ1v) is 6.59. The first-order valence-electron chi connectivity index (χ1n) is 6.59. The molecular weight excluding hydrogens is 229 g/mol. The summed E-state index contributed by atoms with van der Waals surface area (Å²) in [5, 5.41) is 1.07. The molecule has 1 aliphatic rings. The maximum absolute atomic E-state index is 13.9. The van der Waals surface area contributed by atoms with Crippen molar-refractivity contribution in [2.24, 2.45) is 5.92 Å². The number of hydrogen-bond acceptors (Lipinski definition) is 1. The van der Waals surface area contributed by atoms with Crippen LogP contribution in [-0.4, -0.2) is 11.6 Å². The molecule has 18 heavy (non-hydrogen) atoms. The van der Waals surface area contributed by atoms with Crippen LogP contribution in [0.1, 0.15) is 38.2 Å². The lowest BCUT2D eigenvalue weighted by atomic mass is 10.0. The van der Waals surface area contributed by atoms with Gasteiger partial charge in [0.05, 0.1) is 12.1 Å². The fourth-order valence-corrected chi connectivity index (χ4v) is 2.27. The van der Waals surface area contributed by atoms with Gasteiger partial charge in [-0.05, 0) is 42.4 Å². The van der Waals surface area contributed by atoms with Gasteiger partial charge >= 0.3 is 0 Å². The molecule has 2 nitrogen and oxygen atoms in total. The van der Waals surface area contributed by atoms with Crippen molar-refractivity contribution in [1.82, 2.24) is 4.98 Å². The van der Waals surface area contributed by atoms with Crippen molar-refractivity contribution in [3.63, 3.8) is 0 Å². The molecule has 1 saturated carbocycles. The van der Waals surface area contributed by atoms with Gasteiger partial charge in [0, 0.05) is 11.6 Å². The summed E-state index contributed by atoms with van der Waals surface area (Å²) >= 11 is 0. The Labute approximate surface area is 106 Å². The molecule has 0 bridgehead atoms. The highest BCUT2D eigenvalue weighted by Crippen LogP contribution is 2.35. The minimum atomic E-state index is -0.277. The number of nitrogens with one attached hydrogen (secondary N) is 1. The van der Waals surface area contributed by atoms with Gasteiger partial charge in [-0.2, -0.15) is 0 Å². The minimum absolute atomic E-state index is 0.277. The lowest BCUT2D eigenvalue weighted by Crippen LogP contribution is -2.01. The van der Waals surface area contributed by atoms with Crippen LogP contribution in [0.25, 0.3) is 10.9 Å². The van der Waals surface area contributed by atoms with Crippen molar-refractivity contribution in [3.05, 3.63) is 29.7 Å². The van der Waals surface area contributed by atoms with Gasteiger partial charge in [0.25, 0.3) is 0 Å². The molecule has 1 aromatic carbocycles. The zero-order chi connectivity index (χ0) is 12.7. The van der Waals surface area contributed by atoms with E-state index in [1.165, 1.54) is 24.5 Å². The van der Waals surface area contributed by atoms with Gasteiger partial charge in [0.2, 0.25) is 0 Å². The van der Waals surface area contributed by atoms with Crippen LogP contribution >= 0.6 is 0 Å². The van der Waals surface area contributed by atoms with E-state index in [0.29, 0.717) is 24.2 Å². The molecule has 0 atom stereocenters. The molecule has 3 rings (SSSR count). The Balaban J connectivity index is 2.01. The van der Waals surface area contributed by atoms with Gasteiger partial charge < -0.3 is 9.72 Å². The summed E-state index contributed by atoms with van der Waals surface area (Å²) in [5.41, 5.74) is 2.00. The average molecular weight is 247 g/mol. The fraction of sp³-hybridized carbons (Fsp3) is 0.467. The van der Waals surface area contributed by atoms with E-state index < -0.39 is 0 Å². The van der Waals surface area contributed by atoms with Gasteiger partial charge in [-0.15, -0.1) is 0 Å². The highest BCUT2D eigenvalue weighted by atomic mass is 19.1. The van der Waals surface area contributed by atoms with Gasteiger partial charge in [-0.25, -0.2) is 4.39 Å². The number of aromatic nitrogens is 1. The van der Waals surface area contributed by atoms with Gasteiger partial charge in [0.1, 0.15) is 0 Å². The van der Waals surface area contributed by atoms with Crippen molar-refractivity contribution in [1.29, 1.82) is 0 Å². The molecule has 1 aromatic heterocycles. The Morgan fingerprint density at radius 3 is 2.83 bits per heavy atom. The van der Waals surface area contributed by atoms with E-state index in [1.54, 1.807) is 0 Å². The number of aromatic amines is 1. The number of rotatable bonds is 4. The predicted molar refractivity (Wildman–Crippen MR) is 70.6 cm³/mol. The Morgan fingerprint density at radius 1 is 1.39 bits per heavy atom. The molecule has 0 spiro atoms. The lowest BCUT2D eigenvalue weighted by molar-refractivity contribution is 0.288. The van der Waals surface area contributed by atoms with Crippen LogP contribution in [0.5, 0.6) is 5.75 Å². The first kappa shape index (κ1) is 11.6. The monoisotopic (exact) mass is 247 g/mol. The predicted octanol–water partition coefficient (Wildman–Crippen LogP) is 4.22. The van der Waals surface area contributed by atoms with Crippen LogP contribution in [-0.2, 0) is 0 Å². The zero-order valence-electron chi connectivity index (χ0n) is 10.8. The van der Waals surface area contributed by atoms with Crippen molar-refractivity contribution in [2.45, 2.75) is 32.6 Å². The Hall–Kier alpha value is -1.51. The van der Waals surface area contributed by atoms with E-state index in [4.69, 9.17) is 4.74 Å². The molecule has 0 aliphatic heterocycles. The van der Waals surface area contributed by atoms with Crippen molar-refractivity contribution >= 4 is 10.9 Å². The lowest BCUT2D eigenvalue weighted by Gasteiger charge is -2.08. The zero-order valence-corrected chi connectivity index (χ0v) is 10.8. The summed E-state index contributed by atoms with van der Waals surface area (Å²) < 4.78 is 19.5. The maximum atomic E-state index is 13.9. The second kappa shape index (κ2) is 4.30. The first-order chi connectivity index (χ1) is 8.66. The fourth-order valence-electron chi connectivity index (χ4n) is 2.27. The molecule has 0 radical (unpaired) electrons. The molecular formula is C15H18FNO. The summed E-state index contributed by atoms with van der Waals surface area (Å²) in [4.78, 5) is 3.16. The average Bonchev–Trinajstić information content (AvgIpc) is 3.05. The topological polar surface area (TPSA) is 25.0 Å². The molecule has 2 aromatic rings. The van der Waals surface area contributed by atoms with Crippen molar-refractivity contribution < 1.29 is 9.13 Å². The molecule has 1 aliphatic carbocycles. The third-order valence-corrected chi connectivity index (χ3v) is 3.57. The molecule has 0 unspecified atom stereocenters. The van der Waals surface area contributed by atoms with Gasteiger partial charge in [-0.3, -0.25) is 0 Å². The number of halogens is 1. The van der Waals surface area contributed by atoms with E-state index >= 15 is 0 Å². The number of benzene rings is 1. The summed E-state index contributed by atoms with van der Waals surface area (Å²) in [5.74, 6) is 1.14. The van der Waals surface area contributed by atoms with Crippen LogP contribution < -0.4 is 4.74 Å². The highest BCUT2D eigenvalue weighted by molar-refractivity contribution is 5.89. The summed E-state index contributed by atoms with van der Waals surface area (Å²) in [6.07, 6.45) is 4.37. The summed E-state index contributed by atoms with van der Waals surface area (Å²) in [7, 11) is 0. The van der Waals surface area contributed by atoms with E-state index in [-0.39, 0.29) is 5.82 Å². The molecule has 3 heteroatoms. The maximum Gasteiger partial charge on any atom is 0.178 e. The van der Waals surface area contributed by atoms with E-state index in [1.807, 2.05) is 12.3 Å². The molecule has 0 amide bonds. The molecule has 1 fully saturated rings. The largest absolute Gasteiger partial charge is 0.488 e. The third-order valence-electron chi connectivity index (χ3n) is 3.57. The van der Waals surface area contributed by atoms with E-state index in [9.17, 15) is 4.39 Å². The van der Waals surface area contributed by atoms with Crippen LogP contribution in [0.4, 0.5) is 4.39 Å². The molecule has 96 valence electrons. The molecule has 1 N–H and O–H groups in total. The van der Waals surface area contributed by atoms with Crippen molar-refractivity contribution in [3.8, 4) is 5.75 Å². The quantitative estimate of drug-likeness (QED) is 0.859. The second-order valence-corrected chi connectivity index (χ2v) is 5.45. The number of ether oxygens (including phenoxy) is 1. The van der Waals surface area contributed by atoms with E-state index in [2.05, 4.69) is 18.8 Å². The van der Waals surface area contributed by atoms with Gasteiger partial charge in [-0.1, -0.05) is 13.8 Å². The molecule has 0 saturated heterocycles. The van der Waals surface area contributed by atoms with Crippen LogP contribution in [0.2, 0.25) is 0 Å².